The SMILES string of the molecule is CCC(O)CCNC(=O)CCNC(C)(C)C. The zero-order chi connectivity index (χ0) is 12.6. The van der Waals surface area contributed by atoms with Crippen LogP contribution in [-0.2, 0) is 4.79 Å². The van der Waals surface area contributed by atoms with Crippen molar-refractivity contribution in [1.29, 1.82) is 0 Å². The van der Waals surface area contributed by atoms with Crippen molar-refractivity contribution < 1.29 is 9.90 Å². The van der Waals surface area contributed by atoms with Crippen LogP contribution in [0.15, 0.2) is 0 Å². The van der Waals surface area contributed by atoms with Gasteiger partial charge in [0.05, 0.1) is 6.10 Å². The van der Waals surface area contributed by atoms with Crippen LogP contribution in [0.25, 0.3) is 0 Å². The lowest BCUT2D eigenvalue weighted by Crippen LogP contribution is -2.38. The number of rotatable bonds is 7. The van der Waals surface area contributed by atoms with Crippen molar-refractivity contribution in [3.8, 4) is 0 Å². The van der Waals surface area contributed by atoms with Crippen LogP contribution in [0.3, 0.4) is 0 Å². The molecule has 96 valence electrons. The Hall–Kier alpha value is -0.610. The average Bonchev–Trinajstić information content (AvgIpc) is 2.15. The number of nitrogens with one attached hydrogen (secondary N) is 2. The normalized spacial score (nSPS) is 13.6. The fourth-order valence-corrected chi connectivity index (χ4v) is 1.22. The average molecular weight is 230 g/mol. The quantitative estimate of drug-likeness (QED) is 0.612. The molecule has 16 heavy (non-hydrogen) atoms. The Morgan fingerprint density at radius 3 is 2.44 bits per heavy atom. The van der Waals surface area contributed by atoms with Crippen molar-refractivity contribution in [1.82, 2.24) is 10.6 Å². The molecule has 0 saturated carbocycles. The molecule has 0 aliphatic rings. The molecule has 0 bridgehead atoms. The zero-order valence-corrected chi connectivity index (χ0v) is 11.0. The fourth-order valence-electron chi connectivity index (χ4n) is 1.22. The Labute approximate surface area is 98.8 Å². The van der Waals surface area contributed by atoms with Gasteiger partial charge < -0.3 is 15.7 Å². The van der Waals surface area contributed by atoms with E-state index in [9.17, 15) is 9.90 Å². The van der Waals surface area contributed by atoms with E-state index in [1.807, 2.05) is 6.92 Å². The van der Waals surface area contributed by atoms with E-state index in [2.05, 4.69) is 31.4 Å². The molecule has 0 rings (SSSR count). The van der Waals surface area contributed by atoms with Gasteiger partial charge in [-0.15, -0.1) is 0 Å². The van der Waals surface area contributed by atoms with Crippen molar-refractivity contribution in [2.24, 2.45) is 0 Å². The van der Waals surface area contributed by atoms with Crippen LogP contribution in [0.2, 0.25) is 0 Å². The molecule has 0 aromatic rings. The first kappa shape index (κ1) is 15.4. The molecule has 0 aliphatic carbocycles. The van der Waals surface area contributed by atoms with Crippen LogP contribution in [0.5, 0.6) is 0 Å². The molecule has 0 heterocycles. The number of hydrogen-bond acceptors (Lipinski definition) is 3. The van der Waals surface area contributed by atoms with Crippen LogP contribution in [0, 0.1) is 0 Å². The Kier molecular flexibility index (Phi) is 7.34. The summed E-state index contributed by atoms with van der Waals surface area (Å²) in [6.07, 6.45) is 1.56. The molecule has 4 heteroatoms. The predicted molar refractivity (Wildman–Crippen MR) is 66.3 cm³/mol. The molecule has 0 saturated heterocycles. The minimum atomic E-state index is -0.298. The standard InChI is InChI=1S/C12H26N2O2/c1-5-10(15)6-8-13-11(16)7-9-14-12(2,3)4/h10,14-15H,5-9H2,1-4H3,(H,13,16). The van der Waals surface area contributed by atoms with Crippen LogP contribution in [0.4, 0.5) is 0 Å². The van der Waals surface area contributed by atoms with E-state index in [4.69, 9.17) is 0 Å². The van der Waals surface area contributed by atoms with Gasteiger partial charge in [-0.1, -0.05) is 6.92 Å². The molecule has 0 fully saturated rings. The predicted octanol–water partition coefficient (Wildman–Crippen LogP) is 1.04. The molecule has 3 N–H and O–H groups in total. The Bertz CT molecular complexity index is 200. The van der Waals surface area contributed by atoms with E-state index in [1.54, 1.807) is 0 Å². The van der Waals surface area contributed by atoms with Gasteiger partial charge in [0.25, 0.3) is 0 Å². The minimum Gasteiger partial charge on any atom is -0.393 e. The smallest absolute Gasteiger partial charge is 0.221 e. The number of carbonyl (C=O) groups excluding carboxylic acids is 1. The molecular weight excluding hydrogens is 204 g/mol. The second kappa shape index (κ2) is 7.63. The van der Waals surface area contributed by atoms with Crippen LogP contribution < -0.4 is 10.6 Å². The second-order valence-corrected chi connectivity index (χ2v) is 5.13. The first-order valence-electron chi connectivity index (χ1n) is 6.05. The molecule has 0 spiro atoms. The third-order valence-corrected chi connectivity index (χ3v) is 2.28. The Morgan fingerprint density at radius 2 is 1.94 bits per heavy atom. The van der Waals surface area contributed by atoms with Gasteiger partial charge in [0.15, 0.2) is 0 Å². The number of aliphatic hydroxyl groups is 1. The Morgan fingerprint density at radius 1 is 1.31 bits per heavy atom. The third kappa shape index (κ3) is 9.93. The summed E-state index contributed by atoms with van der Waals surface area (Å²) in [5, 5.41) is 15.3. The van der Waals surface area contributed by atoms with Crippen LogP contribution >= 0.6 is 0 Å². The van der Waals surface area contributed by atoms with Crippen molar-refractivity contribution in [3.63, 3.8) is 0 Å². The summed E-state index contributed by atoms with van der Waals surface area (Å²) in [7, 11) is 0. The summed E-state index contributed by atoms with van der Waals surface area (Å²) in [6.45, 7) is 9.39. The van der Waals surface area contributed by atoms with E-state index >= 15 is 0 Å². The maximum atomic E-state index is 11.4. The van der Waals surface area contributed by atoms with E-state index < -0.39 is 0 Å². The summed E-state index contributed by atoms with van der Waals surface area (Å²) in [5.41, 5.74) is 0.0543. The largest absolute Gasteiger partial charge is 0.393 e. The van der Waals surface area contributed by atoms with Gasteiger partial charge in [0.2, 0.25) is 5.91 Å². The van der Waals surface area contributed by atoms with Crippen molar-refractivity contribution in [2.75, 3.05) is 13.1 Å². The minimum absolute atomic E-state index is 0.0417. The van der Waals surface area contributed by atoms with Gasteiger partial charge in [-0.2, -0.15) is 0 Å². The third-order valence-electron chi connectivity index (χ3n) is 2.28. The molecular formula is C12H26N2O2. The van der Waals surface area contributed by atoms with Crippen LogP contribution in [-0.4, -0.2) is 35.7 Å². The van der Waals surface area contributed by atoms with Crippen molar-refractivity contribution >= 4 is 5.91 Å². The summed E-state index contributed by atoms with van der Waals surface area (Å²) >= 11 is 0. The van der Waals surface area contributed by atoms with E-state index in [0.29, 0.717) is 25.9 Å². The van der Waals surface area contributed by atoms with Gasteiger partial charge >= 0.3 is 0 Å². The number of aliphatic hydroxyl groups excluding tert-OH is 1. The van der Waals surface area contributed by atoms with Gasteiger partial charge in [0, 0.05) is 25.0 Å². The molecule has 0 aromatic heterocycles. The fraction of sp³-hybridized carbons (Fsp3) is 0.917. The molecule has 4 nitrogen and oxygen atoms in total. The van der Waals surface area contributed by atoms with Crippen molar-refractivity contribution in [2.45, 2.75) is 58.6 Å². The molecule has 1 unspecified atom stereocenters. The number of carbonyl (C=O) groups is 1. The lowest BCUT2D eigenvalue weighted by Gasteiger charge is -2.20. The molecule has 0 aliphatic heterocycles. The lowest BCUT2D eigenvalue weighted by atomic mass is 10.1. The lowest BCUT2D eigenvalue weighted by molar-refractivity contribution is -0.121. The maximum absolute atomic E-state index is 11.4. The monoisotopic (exact) mass is 230 g/mol. The van der Waals surface area contributed by atoms with Crippen molar-refractivity contribution in [3.05, 3.63) is 0 Å². The van der Waals surface area contributed by atoms with Gasteiger partial charge in [-0.25, -0.2) is 0 Å². The maximum Gasteiger partial charge on any atom is 0.221 e. The summed E-state index contributed by atoms with van der Waals surface area (Å²) < 4.78 is 0. The molecule has 1 atom stereocenters. The first-order chi connectivity index (χ1) is 7.35. The number of hydrogen-bond donors (Lipinski definition) is 3. The number of amides is 1. The summed E-state index contributed by atoms with van der Waals surface area (Å²) in [4.78, 5) is 11.4. The van der Waals surface area contributed by atoms with E-state index in [1.165, 1.54) is 0 Å². The van der Waals surface area contributed by atoms with Crippen LogP contribution in [0.1, 0.15) is 47.0 Å². The second-order valence-electron chi connectivity index (χ2n) is 5.13. The van der Waals surface area contributed by atoms with Gasteiger partial charge in [-0.3, -0.25) is 4.79 Å². The summed E-state index contributed by atoms with van der Waals surface area (Å²) in [6, 6.07) is 0. The van der Waals surface area contributed by atoms with Gasteiger partial charge in [-0.05, 0) is 33.6 Å². The topological polar surface area (TPSA) is 61.4 Å². The molecule has 0 radical (unpaired) electrons. The highest BCUT2D eigenvalue weighted by atomic mass is 16.3. The first-order valence-corrected chi connectivity index (χ1v) is 6.05. The molecule has 0 aromatic carbocycles. The van der Waals surface area contributed by atoms with E-state index in [0.717, 1.165) is 6.42 Å². The van der Waals surface area contributed by atoms with E-state index in [-0.39, 0.29) is 17.6 Å². The highest BCUT2D eigenvalue weighted by Gasteiger charge is 2.09. The Balaban J connectivity index is 3.46. The van der Waals surface area contributed by atoms with Gasteiger partial charge in [0.1, 0.15) is 0 Å². The summed E-state index contributed by atoms with van der Waals surface area (Å²) in [5.74, 6) is 0.0417. The molecule has 1 amide bonds. The zero-order valence-electron chi connectivity index (χ0n) is 11.0. The highest BCUT2D eigenvalue weighted by molar-refractivity contribution is 5.76. The highest BCUT2D eigenvalue weighted by Crippen LogP contribution is 1.98.